The zero-order chi connectivity index (χ0) is 14.6. The summed E-state index contributed by atoms with van der Waals surface area (Å²) in [5.41, 5.74) is -0.433. The van der Waals surface area contributed by atoms with Crippen LogP contribution in [0.2, 0.25) is 5.02 Å². The molecule has 0 spiro atoms. The molecule has 0 aliphatic heterocycles. The standard InChI is InChI=1S/C14H19ClO4/c1-5-18-13(17)14(3,4)19-12-7-6-10(9(2)16)8-11(12)15/h6-9,16H,5H2,1-4H3. The maximum Gasteiger partial charge on any atom is 0.349 e. The molecule has 1 rings (SSSR count). The van der Waals surface area contributed by atoms with Gasteiger partial charge in [0.05, 0.1) is 17.7 Å². The number of hydrogen-bond acceptors (Lipinski definition) is 4. The highest BCUT2D eigenvalue weighted by atomic mass is 35.5. The fraction of sp³-hybridized carbons (Fsp3) is 0.500. The Balaban J connectivity index is 2.90. The number of carbonyl (C=O) groups is 1. The van der Waals surface area contributed by atoms with Crippen LogP contribution in [0.4, 0.5) is 0 Å². The second-order valence-corrected chi connectivity index (χ2v) is 5.11. The Hall–Kier alpha value is -1.26. The molecule has 0 saturated heterocycles. The molecule has 0 amide bonds. The van der Waals surface area contributed by atoms with Crippen LogP contribution in [0.3, 0.4) is 0 Å². The molecule has 0 aliphatic rings. The molecule has 0 bridgehead atoms. The molecule has 1 aromatic carbocycles. The van der Waals surface area contributed by atoms with E-state index in [1.54, 1.807) is 45.9 Å². The average Bonchev–Trinajstić information content (AvgIpc) is 2.31. The van der Waals surface area contributed by atoms with Gasteiger partial charge in [0.25, 0.3) is 0 Å². The Morgan fingerprint density at radius 1 is 1.47 bits per heavy atom. The molecular formula is C14H19ClO4. The number of esters is 1. The van der Waals surface area contributed by atoms with Crippen LogP contribution in [0.5, 0.6) is 5.75 Å². The van der Waals surface area contributed by atoms with Gasteiger partial charge >= 0.3 is 5.97 Å². The zero-order valence-corrected chi connectivity index (χ0v) is 12.3. The van der Waals surface area contributed by atoms with Crippen LogP contribution in [0.15, 0.2) is 18.2 Å². The van der Waals surface area contributed by atoms with Crippen molar-refractivity contribution in [2.24, 2.45) is 0 Å². The van der Waals surface area contributed by atoms with E-state index in [0.29, 0.717) is 22.9 Å². The summed E-state index contributed by atoms with van der Waals surface area (Å²) in [6, 6.07) is 4.95. The SMILES string of the molecule is CCOC(=O)C(C)(C)Oc1ccc(C(C)O)cc1Cl. The lowest BCUT2D eigenvalue weighted by atomic mass is 10.1. The van der Waals surface area contributed by atoms with E-state index in [-0.39, 0.29) is 0 Å². The minimum absolute atomic E-state index is 0.292. The van der Waals surface area contributed by atoms with E-state index in [0.717, 1.165) is 0 Å². The Bertz CT molecular complexity index is 455. The lowest BCUT2D eigenvalue weighted by Crippen LogP contribution is -2.39. The van der Waals surface area contributed by atoms with Gasteiger partial charge in [0.1, 0.15) is 5.75 Å². The summed E-state index contributed by atoms with van der Waals surface area (Å²) in [5.74, 6) is -0.0743. The van der Waals surface area contributed by atoms with Crippen molar-refractivity contribution in [1.82, 2.24) is 0 Å². The molecule has 0 saturated carbocycles. The molecule has 1 atom stereocenters. The van der Waals surface area contributed by atoms with Crippen molar-refractivity contribution in [3.63, 3.8) is 0 Å². The molecule has 0 aromatic heterocycles. The summed E-state index contributed by atoms with van der Waals surface area (Å²) in [6.45, 7) is 6.90. The molecule has 106 valence electrons. The van der Waals surface area contributed by atoms with Crippen molar-refractivity contribution in [3.8, 4) is 5.75 Å². The highest BCUT2D eigenvalue weighted by Gasteiger charge is 2.32. The van der Waals surface area contributed by atoms with Crippen LogP contribution in [0, 0.1) is 0 Å². The lowest BCUT2D eigenvalue weighted by molar-refractivity contribution is -0.158. The summed E-state index contributed by atoms with van der Waals surface area (Å²) in [4.78, 5) is 11.7. The van der Waals surface area contributed by atoms with E-state index in [1.807, 2.05) is 0 Å². The topological polar surface area (TPSA) is 55.8 Å². The van der Waals surface area contributed by atoms with Crippen LogP contribution in [-0.4, -0.2) is 23.3 Å². The van der Waals surface area contributed by atoms with Gasteiger partial charge in [-0.2, -0.15) is 0 Å². The van der Waals surface area contributed by atoms with Crippen molar-refractivity contribution < 1.29 is 19.4 Å². The van der Waals surface area contributed by atoms with Gasteiger partial charge < -0.3 is 14.6 Å². The van der Waals surface area contributed by atoms with E-state index in [9.17, 15) is 9.90 Å². The van der Waals surface area contributed by atoms with Crippen molar-refractivity contribution in [2.45, 2.75) is 39.4 Å². The van der Waals surface area contributed by atoms with E-state index in [1.165, 1.54) is 0 Å². The number of carbonyl (C=O) groups excluding carboxylic acids is 1. The fourth-order valence-electron chi connectivity index (χ4n) is 1.48. The normalized spacial score (nSPS) is 12.9. The Labute approximate surface area is 118 Å². The Morgan fingerprint density at radius 3 is 2.58 bits per heavy atom. The number of ether oxygens (including phenoxy) is 2. The highest BCUT2D eigenvalue weighted by Crippen LogP contribution is 2.30. The first-order chi connectivity index (χ1) is 8.77. The molecule has 1 unspecified atom stereocenters. The van der Waals surface area contributed by atoms with Gasteiger partial charge in [-0.3, -0.25) is 0 Å². The maximum atomic E-state index is 11.7. The maximum absolute atomic E-state index is 11.7. The minimum atomic E-state index is -1.12. The van der Waals surface area contributed by atoms with Gasteiger partial charge in [0.15, 0.2) is 5.60 Å². The Morgan fingerprint density at radius 2 is 2.11 bits per heavy atom. The van der Waals surface area contributed by atoms with E-state index in [4.69, 9.17) is 21.1 Å². The van der Waals surface area contributed by atoms with E-state index < -0.39 is 17.7 Å². The second-order valence-electron chi connectivity index (χ2n) is 4.70. The van der Waals surface area contributed by atoms with Crippen LogP contribution in [-0.2, 0) is 9.53 Å². The molecule has 1 aromatic rings. The van der Waals surface area contributed by atoms with Crippen molar-refractivity contribution in [3.05, 3.63) is 28.8 Å². The quantitative estimate of drug-likeness (QED) is 0.845. The molecular weight excluding hydrogens is 268 g/mol. The molecule has 5 heteroatoms. The van der Waals surface area contributed by atoms with Crippen LogP contribution in [0.1, 0.15) is 39.4 Å². The predicted octanol–water partition coefficient (Wildman–Crippen LogP) is 3.11. The van der Waals surface area contributed by atoms with E-state index in [2.05, 4.69) is 0 Å². The molecule has 1 N–H and O–H groups in total. The fourth-order valence-corrected chi connectivity index (χ4v) is 1.71. The zero-order valence-electron chi connectivity index (χ0n) is 11.6. The van der Waals surface area contributed by atoms with Crippen LogP contribution in [0.25, 0.3) is 0 Å². The third-order valence-corrected chi connectivity index (χ3v) is 2.87. The van der Waals surface area contributed by atoms with Crippen molar-refractivity contribution in [1.29, 1.82) is 0 Å². The number of halogens is 1. The summed E-state index contributed by atoms with van der Waals surface area (Å²) >= 11 is 6.07. The minimum Gasteiger partial charge on any atom is -0.475 e. The van der Waals surface area contributed by atoms with Gasteiger partial charge in [-0.05, 0) is 45.4 Å². The average molecular weight is 287 g/mol. The number of aliphatic hydroxyl groups excluding tert-OH is 1. The monoisotopic (exact) mass is 286 g/mol. The largest absolute Gasteiger partial charge is 0.475 e. The molecule has 4 nitrogen and oxygen atoms in total. The smallest absolute Gasteiger partial charge is 0.349 e. The first-order valence-corrected chi connectivity index (χ1v) is 6.49. The lowest BCUT2D eigenvalue weighted by Gasteiger charge is -2.24. The van der Waals surface area contributed by atoms with Crippen LogP contribution >= 0.6 is 11.6 Å². The van der Waals surface area contributed by atoms with Gasteiger partial charge in [-0.1, -0.05) is 17.7 Å². The summed E-state index contributed by atoms with van der Waals surface area (Å²) in [5, 5.41) is 9.80. The molecule has 0 aliphatic carbocycles. The number of hydrogen-bond donors (Lipinski definition) is 1. The number of rotatable bonds is 5. The summed E-state index contributed by atoms with van der Waals surface area (Å²) in [7, 11) is 0. The first kappa shape index (κ1) is 15.8. The van der Waals surface area contributed by atoms with Gasteiger partial charge in [-0.15, -0.1) is 0 Å². The third kappa shape index (κ3) is 4.11. The molecule has 0 heterocycles. The molecule has 0 radical (unpaired) electrons. The van der Waals surface area contributed by atoms with E-state index >= 15 is 0 Å². The molecule has 19 heavy (non-hydrogen) atoms. The third-order valence-electron chi connectivity index (χ3n) is 2.57. The Kier molecular flexibility index (Phi) is 5.20. The number of benzene rings is 1. The van der Waals surface area contributed by atoms with Crippen LogP contribution < -0.4 is 4.74 Å². The van der Waals surface area contributed by atoms with Gasteiger partial charge in [-0.25, -0.2) is 4.79 Å². The first-order valence-electron chi connectivity index (χ1n) is 6.11. The highest BCUT2D eigenvalue weighted by molar-refractivity contribution is 6.32. The van der Waals surface area contributed by atoms with Gasteiger partial charge in [0, 0.05) is 0 Å². The summed E-state index contributed by atoms with van der Waals surface area (Å²) in [6.07, 6.45) is -0.607. The predicted molar refractivity (Wildman–Crippen MR) is 73.4 cm³/mol. The van der Waals surface area contributed by atoms with Crippen molar-refractivity contribution >= 4 is 17.6 Å². The summed E-state index contributed by atoms with van der Waals surface area (Å²) < 4.78 is 10.5. The van der Waals surface area contributed by atoms with Crippen molar-refractivity contribution in [2.75, 3.05) is 6.61 Å². The second kappa shape index (κ2) is 6.26. The van der Waals surface area contributed by atoms with Gasteiger partial charge in [0.2, 0.25) is 0 Å². The number of aliphatic hydroxyl groups is 1. The molecule has 0 fully saturated rings.